The molecule has 0 unspecified atom stereocenters. The molecule has 0 saturated carbocycles. The number of rotatable bonds is 2. The van der Waals surface area contributed by atoms with Crippen molar-refractivity contribution in [3.63, 3.8) is 0 Å². The summed E-state index contributed by atoms with van der Waals surface area (Å²) in [6.45, 7) is 0. The maximum atomic E-state index is 9.97. The topological polar surface area (TPSA) is 42.4 Å². The number of ether oxygens (including phenoxy) is 1. The molecule has 0 fully saturated rings. The van der Waals surface area contributed by atoms with Gasteiger partial charge in [0.1, 0.15) is 17.2 Å². The van der Waals surface area contributed by atoms with Crippen LogP contribution >= 0.6 is 23.2 Å². The standard InChI is InChI=1S/C15H9Cl2NO2/c16-9-4-5-13(10(17)8-9)20-14-6-7-18-11-2-1-3-12(19)15(11)14/h1-8,19H. The third kappa shape index (κ3) is 2.38. The predicted octanol–water partition coefficient (Wildman–Crippen LogP) is 5.04. The van der Waals surface area contributed by atoms with Crippen molar-refractivity contribution in [2.24, 2.45) is 0 Å². The molecule has 0 aliphatic rings. The summed E-state index contributed by atoms with van der Waals surface area (Å²) in [6, 6.07) is 11.7. The number of nitrogens with zero attached hydrogens (tertiary/aromatic N) is 1. The van der Waals surface area contributed by atoms with Crippen LogP contribution in [0.4, 0.5) is 0 Å². The highest BCUT2D eigenvalue weighted by Gasteiger charge is 2.10. The highest BCUT2D eigenvalue weighted by Crippen LogP contribution is 2.37. The summed E-state index contributed by atoms with van der Waals surface area (Å²) < 4.78 is 5.77. The summed E-state index contributed by atoms with van der Waals surface area (Å²) in [5, 5.41) is 11.4. The number of phenolic OH excluding ortho intramolecular Hbond substituents is 1. The van der Waals surface area contributed by atoms with Crippen LogP contribution < -0.4 is 4.74 Å². The maximum Gasteiger partial charge on any atom is 0.146 e. The molecule has 0 radical (unpaired) electrons. The number of aromatic hydroxyl groups is 1. The van der Waals surface area contributed by atoms with Crippen molar-refractivity contribution < 1.29 is 9.84 Å². The van der Waals surface area contributed by atoms with E-state index in [2.05, 4.69) is 4.98 Å². The zero-order valence-electron chi connectivity index (χ0n) is 10.2. The van der Waals surface area contributed by atoms with Gasteiger partial charge < -0.3 is 9.84 Å². The Morgan fingerprint density at radius 1 is 1.00 bits per heavy atom. The largest absolute Gasteiger partial charge is 0.507 e. The van der Waals surface area contributed by atoms with Crippen molar-refractivity contribution in [3.05, 3.63) is 58.7 Å². The highest BCUT2D eigenvalue weighted by atomic mass is 35.5. The monoisotopic (exact) mass is 305 g/mol. The van der Waals surface area contributed by atoms with E-state index in [9.17, 15) is 5.11 Å². The van der Waals surface area contributed by atoms with E-state index < -0.39 is 0 Å². The fourth-order valence-corrected chi connectivity index (χ4v) is 2.37. The predicted molar refractivity (Wildman–Crippen MR) is 79.9 cm³/mol. The van der Waals surface area contributed by atoms with Gasteiger partial charge in [0.25, 0.3) is 0 Å². The minimum Gasteiger partial charge on any atom is -0.507 e. The Labute approximate surface area is 125 Å². The van der Waals surface area contributed by atoms with Gasteiger partial charge in [0.05, 0.1) is 15.9 Å². The number of phenols is 1. The zero-order chi connectivity index (χ0) is 14.1. The SMILES string of the molecule is Oc1cccc2nccc(Oc3ccc(Cl)cc3Cl)c12. The normalized spacial score (nSPS) is 10.7. The van der Waals surface area contributed by atoms with Gasteiger partial charge in [0.15, 0.2) is 0 Å². The number of hydrogen-bond donors (Lipinski definition) is 1. The second kappa shape index (κ2) is 5.19. The Balaban J connectivity index is 2.11. The van der Waals surface area contributed by atoms with E-state index in [-0.39, 0.29) is 5.75 Å². The summed E-state index contributed by atoms with van der Waals surface area (Å²) in [7, 11) is 0. The van der Waals surface area contributed by atoms with E-state index in [0.29, 0.717) is 32.4 Å². The van der Waals surface area contributed by atoms with Gasteiger partial charge in [-0.25, -0.2) is 0 Å². The van der Waals surface area contributed by atoms with Gasteiger partial charge in [0, 0.05) is 11.2 Å². The molecule has 3 aromatic rings. The van der Waals surface area contributed by atoms with Crippen molar-refractivity contribution in [3.8, 4) is 17.2 Å². The van der Waals surface area contributed by atoms with Crippen LogP contribution in [0.15, 0.2) is 48.7 Å². The molecule has 1 N–H and O–H groups in total. The van der Waals surface area contributed by atoms with E-state index in [0.717, 1.165) is 0 Å². The molecule has 100 valence electrons. The van der Waals surface area contributed by atoms with Crippen LogP contribution in [0.25, 0.3) is 10.9 Å². The Morgan fingerprint density at radius 3 is 2.65 bits per heavy atom. The first-order chi connectivity index (χ1) is 9.65. The first-order valence-electron chi connectivity index (χ1n) is 5.85. The second-order valence-electron chi connectivity index (χ2n) is 4.16. The molecule has 0 aliphatic heterocycles. The van der Waals surface area contributed by atoms with Crippen molar-refractivity contribution in [2.75, 3.05) is 0 Å². The maximum absolute atomic E-state index is 9.97. The average Bonchev–Trinajstić information content (AvgIpc) is 2.42. The number of fused-ring (bicyclic) bond motifs is 1. The quantitative estimate of drug-likeness (QED) is 0.721. The zero-order valence-corrected chi connectivity index (χ0v) is 11.7. The van der Waals surface area contributed by atoms with Crippen LogP contribution in [-0.2, 0) is 0 Å². The first kappa shape index (κ1) is 13.0. The molecule has 3 nitrogen and oxygen atoms in total. The lowest BCUT2D eigenvalue weighted by Gasteiger charge is -2.11. The lowest BCUT2D eigenvalue weighted by atomic mass is 10.2. The Kier molecular flexibility index (Phi) is 3.38. The van der Waals surface area contributed by atoms with E-state index in [1.54, 1.807) is 48.7 Å². The Morgan fingerprint density at radius 2 is 1.85 bits per heavy atom. The lowest BCUT2D eigenvalue weighted by molar-refractivity contribution is 0.467. The van der Waals surface area contributed by atoms with E-state index >= 15 is 0 Å². The molecular formula is C15H9Cl2NO2. The summed E-state index contributed by atoms with van der Waals surface area (Å²) >= 11 is 11.9. The van der Waals surface area contributed by atoms with Gasteiger partial charge in [0.2, 0.25) is 0 Å². The molecule has 2 aromatic carbocycles. The minimum absolute atomic E-state index is 0.107. The molecule has 0 aliphatic carbocycles. The molecule has 20 heavy (non-hydrogen) atoms. The third-order valence-electron chi connectivity index (χ3n) is 2.82. The average molecular weight is 306 g/mol. The van der Waals surface area contributed by atoms with Crippen molar-refractivity contribution >= 4 is 34.1 Å². The molecule has 3 rings (SSSR count). The van der Waals surface area contributed by atoms with Crippen molar-refractivity contribution in [1.29, 1.82) is 0 Å². The number of benzene rings is 2. The summed E-state index contributed by atoms with van der Waals surface area (Å²) in [6.07, 6.45) is 1.61. The second-order valence-corrected chi connectivity index (χ2v) is 5.00. The highest BCUT2D eigenvalue weighted by molar-refractivity contribution is 6.35. The van der Waals surface area contributed by atoms with Gasteiger partial charge in [-0.05, 0) is 36.4 Å². The summed E-state index contributed by atoms with van der Waals surface area (Å²) in [4.78, 5) is 4.19. The van der Waals surface area contributed by atoms with Crippen LogP contribution in [0.2, 0.25) is 10.0 Å². The fourth-order valence-electron chi connectivity index (χ4n) is 1.92. The molecular weight excluding hydrogens is 297 g/mol. The van der Waals surface area contributed by atoms with Gasteiger partial charge in [-0.3, -0.25) is 4.98 Å². The summed E-state index contributed by atoms with van der Waals surface area (Å²) in [5.74, 6) is 1.06. The van der Waals surface area contributed by atoms with Gasteiger partial charge >= 0.3 is 0 Å². The van der Waals surface area contributed by atoms with Crippen LogP contribution in [0.5, 0.6) is 17.2 Å². The van der Waals surface area contributed by atoms with Gasteiger partial charge in [-0.1, -0.05) is 29.3 Å². The van der Waals surface area contributed by atoms with Crippen LogP contribution in [-0.4, -0.2) is 10.1 Å². The van der Waals surface area contributed by atoms with Crippen LogP contribution in [0, 0.1) is 0 Å². The molecule has 5 heteroatoms. The van der Waals surface area contributed by atoms with E-state index in [4.69, 9.17) is 27.9 Å². The van der Waals surface area contributed by atoms with E-state index in [1.165, 1.54) is 0 Å². The van der Waals surface area contributed by atoms with Gasteiger partial charge in [-0.15, -0.1) is 0 Å². The van der Waals surface area contributed by atoms with E-state index in [1.807, 2.05) is 0 Å². The van der Waals surface area contributed by atoms with Crippen molar-refractivity contribution in [2.45, 2.75) is 0 Å². The van der Waals surface area contributed by atoms with Crippen molar-refractivity contribution in [1.82, 2.24) is 4.98 Å². The number of halogens is 2. The molecule has 0 atom stereocenters. The third-order valence-corrected chi connectivity index (χ3v) is 3.35. The molecule has 1 aromatic heterocycles. The molecule has 0 spiro atoms. The molecule has 0 saturated heterocycles. The summed E-state index contributed by atoms with van der Waals surface area (Å²) in [5.41, 5.74) is 0.646. The fraction of sp³-hybridized carbons (Fsp3) is 0. The number of aromatic nitrogens is 1. The van der Waals surface area contributed by atoms with Crippen LogP contribution in [0.1, 0.15) is 0 Å². The number of hydrogen-bond acceptors (Lipinski definition) is 3. The first-order valence-corrected chi connectivity index (χ1v) is 6.60. The molecule has 0 bridgehead atoms. The Hall–Kier alpha value is -1.97. The van der Waals surface area contributed by atoms with Gasteiger partial charge in [-0.2, -0.15) is 0 Å². The smallest absolute Gasteiger partial charge is 0.146 e. The molecule has 0 amide bonds. The minimum atomic E-state index is 0.107. The Bertz CT molecular complexity index is 785. The molecule has 1 heterocycles. The lowest BCUT2D eigenvalue weighted by Crippen LogP contribution is -1.89. The number of pyridine rings is 1. The van der Waals surface area contributed by atoms with Crippen LogP contribution in [0.3, 0.4) is 0 Å².